The van der Waals surface area contributed by atoms with E-state index in [9.17, 15) is 14.4 Å². The molecule has 6 rings (SSSR count). The van der Waals surface area contributed by atoms with Gasteiger partial charge in [0.2, 0.25) is 5.76 Å². The van der Waals surface area contributed by atoms with Crippen molar-refractivity contribution in [3.05, 3.63) is 87.2 Å². The predicted octanol–water partition coefficient (Wildman–Crippen LogP) is 3.52. The van der Waals surface area contributed by atoms with E-state index in [-0.39, 0.29) is 22.7 Å². The SMILES string of the molecule is CCN1C(=O)C2(c3ccccc31)c1c(oc3ccccc3c1=O)C(=O)N2c1nccs1. The zero-order valence-electron chi connectivity index (χ0n) is 16.4. The van der Waals surface area contributed by atoms with Crippen molar-refractivity contribution in [3.8, 4) is 0 Å². The highest BCUT2D eigenvalue weighted by Crippen LogP contribution is 2.54. The Morgan fingerprint density at radius 1 is 1.06 bits per heavy atom. The van der Waals surface area contributed by atoms with E-state index in [2.05, 4.69) is 4.98 Å². The second-order valence-corrected chi connectivity index (χ2v) is 8.24. The Balaban J connectivity index is 1.82. The third kappa shape index (κ3) is 2.02. The zero-order valence-corrected chi connectivity index (χ0v) is 17.2. The normalized spacial score (nSPS) is 19.5. The van der Waals surface area contributed by atoms with E-state index in [0.29, 0.717) is 33.9 Å². The topological polar surface area (TPSA) is 83.7 Å². The Labute approximate surface area is 180 Å². The van der Waals surface area contributed by atoms with Gasteiger partial charge in [0.1, 0.15) is 5.58 Å². The maximum absolute atomic E-state index is 14.0. The van der Waals surface area contributed by atoms with Crippen LogP contribution >= 0.6 is 11.3 Å². The van der Waals surface area contributed by atoms with Crippen molar-refractivity contribution in [1.29, 1.82) is 0 Å². The number of hydrogen-bond donors (Lipinski definition) is 0. The number of para-hydroxylation sites is 2. The van der Waals surface area contributed by atoms with Gasteiger partial charge < -0.3 is 9.32 Å². The minimum absolute atomic E-state index is 0.0554. The molecule has 0 saturated heterocycles. The van der Waals surface area contributed by atoms with Crippen LogP contribution in [0.1, 0.15) is 28.6 Å². The minimum Gasteiger partial charge on any atom is -0.450 e. The van der Waals surface area contributed by atoms with Crippen LogP contribution in [0.2, 0.25) is 0 Å². The quantitative estimate of drug-likeness (QED) is 0.487. The number of benzene rings is 2. The van der Waals surface area contributed by atoms with Crippen molar-refractivity contribution in [1.82, 2.24) is 4.98 Å². The molecule has 2 aromatic heterocycles. The molecule has 1 unspecified atom stereocenters. The molecule has 7 nitrogen and oxygen atoms in total. The van der Waals surface area contributed by atoms with E-state index in [1.807, 2.05) is 19.1 Å². The summed E-state index contributed by atoms with van der Waals surface area (Å²) in [6, 6.07) is 14.0. The summed E-state index contributed by atoms with van der Waals surface area (Å²) in [6.07, 6.45) is 1.57. The molecular weight excluding hydrogens is 414 g/mol. The molecule has 8 heteroatoms. The first-order valence-electron chi connectivity index (χ1n) is 9.82. The molecule has 2 aromatic carbocycles. The number of likely N-dealkylation sites (N-methyl/N-ethyl adjacent to an activating group) is 1. The Morgan fingerprint density at radius 3 is 2.61 bits per heavy atom. The Hall–Kier alpha value is -3.78. The van der Waals surface area contributed by atoms with Gasteiger partial charge in [-0.1, -0.05) is 30.3 Å². The Bertz CT molecular complexity index is 1460. The van der Waals surface area contributed by atoms with Crippen LogP contribution in [0.25, 0.3) is 11.0 Å². The van der Waals surface area contributed by atoms with Crippen LogP contribution in [0.15, 0.2) is 69.3 Å². The van der Waals surface area contributed by atoms with Gasteiger partial charge in [-0.15, -0.1) is 11.3 Å². The summed E-state index contributed by atoms with van der Waals surface area (Å²) in [5.41, 5.74) is -0.426. The molecule has 0 bridgehead atoms. The number of nitrogens with zero attached hydrogens (tertiary/aromatic N) is 3. The highest BCUT2D eigenvalue weighted by molar-refractivity contribution is 7.13. The molecule has 4 heterocycles. The third-order valence-corrected chi connectivity index (χ3v) is 6.72. The molecule has 0 fully saturated rings. The van der Waals surface area contributed by atoms with Crippen LogP contribution in [0, 0.1) is 0 Å². The predicted molar refractivity (Wildman–Crippen MR) is 117 cm³/mol. The standard InChI is InChI=1S/C23H15N3O4S/c1-2-25-15-9-5-4-8-14(15)23(21(25)29)17-18(27)13-7-3-6-10-16(13)30-19(17)20(28)26(23)22-24-11-12-31-22/h3-12H,2H2,1H3. The average molecular weight is 429 g/mol. The molecule has 2 aliphatic rings. The molecule has 0 N–H and O–H groups in total. The Kier molecular flexibility index (Phi) is 3.56. The van der Waals surface area contributed by atoms with Crippen LogP contribution in [0.3, 0.4) is 0 Å². The summed E-state index contributed by atoms with van der Waals surface area (Å²) < 4.78 is 5.96. The van der Waals surface area contributed by atoms with Gasteiger partial charge in [-0.3, -0.25) is 19.3 Å². The van der Waals surface area contributed by atoms with Gasteiger partial charge in [0, 0.05) is 23.7 Å². The van der Waals surface area contributed by atoms with E-state index in [4.69, 9.17) is 4.42 Å². The molecule has 2 amide bonds. The molecule has 2 aliphatic heterocycles. The minimum atomic E-state index is -1.65. The number of thiazole rings is 1. The fourth-order valence-electron chi connectivity index (χ4n) is 4.75. The summed E-state index contributed by atoms with van der Waals surface area (Å²) in [5.74, 6) is -1.02. The van der Waals surface area contributed by atoms with Crippen LogP contribution in [0.4, 0.5) is 10.8 Å². The monoisotopic (exact) mass is 429 g/mol. The van der Waals surface area contributed by atoms with E-state index >= 15 is 0 Å². The number of rotatable bonds is 2. The zero-order chi connectivity index (χ0) is 21.3. The molecule has 0 radical (unpaired) electrons. The maximum atomic E-state index is 14.0. The first-order valence-corrected chi connectivity index (χ1v) is 10.7. The van der Waals surface area contributed by atoms with Gasteiger partial charge in [0.15, 0.2) is 16.1 Å². The number of anilines is 2. The van der Waals surface area contributed by atoms with Crippen molar-refractivity contribution in [2.75, 3.05) is 16.3 Å². The van der Waals surface area contributed by atoms with Crippen LogP contribution in [-0.2, 0) is 10.3 Å². The summed E-state index contributed by atoms with van der Waals surface area (Å²) in [4.78, 5) is 48.8. The van der Waals surface area contributed by atoms with Crippen LogP contribution in [0.5, 0.6) is 0 Å². The maximum Gasteiger partial charge on any atom is 0.297 e. The Morgan fingerprint density at radius 2 is 1.84 bits per heavy atom. The lowest BCUT2D eigenvalue weighted by molar-refractivity contribution is -0.121. The molecule has 0 aliphatic carbocycles. The number of aromatic nitrogens is 1. The van der Waals surface area contributed by atoms with E-state index in [1.165, 1.54) is 16.2 Å². The molecule has 1 atom stereocenters. The van der Waals surface area contributed by atoms with Crippen LogP contribution in [-0.4, -0.2) is 23.3 Å². The van der Waals surface area contributed by atoms with Crippen molar-refractivity contribution in [2.45, 2.75) is 12.5 Å². The summed E-state index contributed by atoms with van der Waals surface area (Å²) in [5, 5.41) is 2.39. The van der Waals surface area contributed by atoms with E-state index < -0.39 is 11.4 Å². The number of hydrogen-bond acceptors (Lipinski definition) is 6. The van der Waals surface area contributed by atoms with Crippen molar-refractivity contribution >= 4 is 44.9 Å². The summed E-state index contributed by atoms with van der Waals surface area (Å²) in [6.45, 7) is 2.26. The van der Waals surface area contributed by atoms with Gasteiger partial charge in [0.25, 0.3) is 11.8 Å². The number of amides is 2. The van der Waals surface area contributed by atoms with E-state index in [1.54, 1.807) is 52.9 Å². The first kappa shape index (κ1) is 18.0. The van der Waals surface area contributed by atoms with E-state index in [0.717, 1.165) is 0 Å². The third-order valence-electron chi connectivity index (χ3n) is 5.96. The van der Waals surface area contributed by atoms with Gasteiger partial charge in [-0.2, -0.15) is 0 Å². The van der Waals surface area contributed by atoms with Gasteiger partial charge in [0.05, 0.1) is 16.6 Å². The largest absolute Gasteiger partial charge is 0.450 e. The van der Waals surface area contributed by atoms with Gasteiger partial charge in [-0.05, 0) is 25.1 Å². The van der Waals surface area contributed by atoms with Gasteiger partial charge in [-0.25, -0.2) is 4.98 Å². The van der Waals surface area contributed by atoms with Crippen molar-refractivity contribution < 1.29 is 14.0 Å². The highest BCUT2D eigenvalue weighted by atomic mass is 32.1. The summed E-state index contributed by atoms with van der Waals surface area (Å²) in [7, 11) is 0. The number of fused-ring (bicyclic) bond motifs is 5. The lowest BCUT2D eigenvalue weighted by Crippen LogP contribution is -2.53. The lowest BCUT2D eigenvalue weighted by Gasteiger charge is -2.32. The molecule has 1 spiro atoms. The molecule has 4 aromatic rings. The fourth-order valence-corrected chi connectivity index (χ4v) is 5.44. The first-order chi connectivity index (χ1) is 15.1. The van der Waals surface area contributed by atoms with Gasteiger partial charge >= 0.3 is 0 Å². The molecule has 0 saturated carbocycles. The van der Waals surface area contributed by atoms with Crippen molar-refractivity contribution in [2.24, 2.45) is 0 Å². The van der Waals surface area contributed by atoms with Crippen LogP contribution < -0.4 is 15.2 Å². The number of carbonyl (C=O) groups excluding carboxylic acids is 2. The second kappa shape index (κ2) is 6.12. The fraction of sp³-hybridized carbons (Fsp3) is 0.130. The van der Waals surface area contributed by atoms with Crippen molar-refractivity contribution in [3.63, 3.8) is 0 Å². The summed E-state index contributed by atoms with van der Waals surface area (Å²) >= 11 is 1.23. The highest BCUT2D eigenvalue weighted by Gasteiger charge is 2.66. The number of carbonyl (C=O) groups is 2. The molecule has 152 valence electrons. The smallest absolute Gasteiger partial charge is 0.297 e. The molecule has 31 heavy (non-hydrogen) atoms. The lowest BCUT2D eigenvalue weighted by atomic mass is 9.84. The average Bonchev–Trinajstić information content (AvgIpc) is 3.46. The molecular formula is C23H15N3O4S. The second-order valence-electron chi connectivity index (χ2n) is 7.36.